The summed E-state index contributed by atoms with van der Waals surface area (Å²) < 4.78 is 13.3. The third-order valence-corrected chi connectivity index (χ3v) is 6.65. The van der Waals surface area contributed by atoms with Crippen LogP contribution in [0.3, 0.4) is 0 Å². The summed E-state index contributed by atoms with van der Waals surface area (Å²) in [6, 6.07) is 23.4. The molecular formula is C28H30FNO. The monoisotopic (exact) mass is 415 g/mol. The highest BCUT2D eigenvalue weighted by atomic mass is 19.1. The molecule has 3 aromatic carbocycles. The van der Waals surface area contributed by atoms with Gasteiger partial charge in [0.1, 0.15) is 5.82 Å². The molecule has 0 N–H and O–H groups in total. The predicted molar refractivity (Wildman–Crippen MR) is 125 cm³/mol. The van der Waals surface area contributed by atoms with Crippen molar-refractivity contribution in [3.8, 4) is 0 Å². The van der Waals surface area contributed by atoms with Crippen molar-refractivity contribution in [2.24, 2.45) is 0 Å². The van der Waals surface area contributed by atoms with E-state index in [2.05, 4.69) is 70.2 Å². The Bertz CT molecular complexity index is 1080. The van der Waals surface area contributed by atoms with Gasteiger partial charge in [0.15, 0.2) is 0 Å². The number of benzene rings is 3. The number of amides is 1. The molecule has 0 aromatic heterocycles. The fraction of sp³-hybridized carbons (Fsp3) is 0.321. The quantitative estimate of drug-likeness (QED) is 0.479. The maximum absolute atomic E-state index is 13.5. The first-order chi connectivity index (χ1) is 14.7. The summed E-state index contributed by atoms with van der Waals surface area (Å²) in [5.74, 6) is -0.253. The van der Waals surface area contributed by atoms with Crippen molar-refractivity contribution in [2.45, 2.75) is 57.9 Å². The zero-order valence-corrected chi connectivity index (χ0v) is 18.8. The van der Waals surface area contributed by atoms with Gasteiger partial charge in [0.25, 0.3) is 0 Å². The molecule has 1 aliphatic heterocycles. The Morgan fingerprint density at radius 3 is 2.16 bits per heavy atom. The molecule has 31 heavy (non-hydrogen) atoms. The standard InChI is InChI=1S/C28H30FNO/c1-5-20-10-14-22(15-11-20)28(4)19-27(2,3)30(25-9-7-6-8-24(25)28)26(31)18-21-12-16-23(29)17-13-21/h6-17H,5,18-19H2,1-4H3. The number of halogens is 1. The minimum absolute atomic E-state index is 0.0347. The van der Waals surface area contributed by atoms with Crippen molar-refractivity contribution in [3.05, 3.63) is 101 Å². The molecule has 1 unspecified atom stereocenters. The van der Waals surface area contributed by atoms with Crippen LogP contribution in [0.15, 0.2) is 72.8 Å². The van der Waals surface area contributed by atoms with Gasteiger partial charge < -0.3 is 4.90 Å². The number of hydrogen-bond donors (Lipinski definition) is 0. The van der Waals surface area contributed by atoms with Crippen molar-refractivity contribution in [1.29, 1.82) is 0 Å². The normalized spacial score (nSPS) is 19.7. The van der Waals surface area contributed by atoms with E-state index in [0.717, 1.165) is 24.1 Å². The number of rotatable bonds is 4. The number of nitrogens with zero attached hydrogens (tertiary/aromatic N) is 1. The highest BCUT2D eigenvalue weighted by molar-refractivity contribution is 5.98. The van der Waals surface area contributed by atoms with E-state index < -0.39 is 0 Å². The van der Waals surface area contributed by atoms with Crippen LogP contribution in [0.2, 0.25) is 0 Å². The van der Waals surface area contributed by atoms with Crippen molar-refractivity contribution in [1.82, 2.24) is 0 Å². The molecule has 0 radical (unpaired) electrons. The van der Waals surface area contributed by atoms with Crippen LogP contribution in [-0.2, 0) is 23.1 Å². The van der Waals surface area contributed by atoms with E-state index >= 15 is 0 Å². The number of para-hydroxylation sites is 1. The van der Waals surface area contributed by atoms with Gasteiger partial charge in [-0.25, -0.2) is 4.39 Å². The van der Waals surface area contributed by atoms with Crippen LogP contribution >= 0.6 is 0 Å². The zero-order chi connectivity index (χ0) is 22.2. The lowest BCUT2D eigenvalue weighted by molar-refractivity contribution is -0.119. The molecule has 0 saturated heterocycles. The van der Waals surface area contributed by atoms with Crippen LogP contribution in [0.5, 0.6) is 0 Å². The Balaban J connectivity index is 1.76. The van der Waals surface area contributed by atoms with Gasteiger partial charge in [0, 0.05) is 16.6 Å². The van der Waals surface area contributed by atoms with E-state index in [9.17, 15) is 9.18 Å². The van der Waals surface area contributed by atoms with Crippen LogP contribution < -0.4 is 4.90 Å². The Kier molecular flexibility index (Phi) is 5.47. The Morgan fingerprint density at radius 2 is 1.52 bits per heavy atom. The number of anilines is 1. The molecule has 0 spiro atoms. The second kappa shape index (κ2) is 7.96. The first-order valence-corrected chi connectivity index (χ1v) is 11.0. The maximum Gasteiger partial charge on any atom is 0.231 e. The molecule has 1 aliphatic rings. The molecule has 0 aliphatic carbocycles. The molecule has 0 saturated carbocycles. The fourth-order valence-electron chi connectivity index (χ4n) is 5.19. The molecule has 1 atom stereocenters. The van der Waals surface area contributed by atoms with E-state index in [1.165, 1.54) is 28.8 Å². The van der Waals surface area contributed by atoms with Crippen LogP contribution in [0.25, 0.3) is 0 Å². The molecule has 0 bridgehead atoms. The molecule has 4 rings (SSSR count). The number of carbonyl (C=O) groups excluding carboxylic acids is 1. The molecule has 3 aromatic rings. The van der Waals surface area contributed by atoms with Gasteiger partial charge >= 0.3 is 0 Å². The summed E-state index contributed by atoms with van der Waals surface area (Å²) in [6.07, 6.45) is 2.09. The third-order valence-electron chi connectivity index (χ3n) is 6.65. The van der Waals surface area contributed by atoms with Crippen LogP contribution in [0, 0.1) is 5.82 Å². The number of hydrogen-bond acceptors (Lipinski definition) is 1. The second-order valence-corrected chi connectivity index (χ2v) is 9.42. The summed E-state index contributed by atoms with van der Waals surface area (Å²) >= 11 is 0. The maximum atomic E-state index is 13.5. The molecule has 1 amide bonds. The topological polar surface area (TPSA) is 20.3 Å². The van der Waals surface area contributed by atoms with Crippen LogP contribution in [0.1, 0.15) is 56.4 Å². The summed E-state index contributed by atoms with van der Waals surface area (Å²) in [6.45, 7) is 8.74. The molecule has 0 fully saturated rings. The predicted octanol–water partition coefficient (Wildman–Crippen LogP) is 6.45. The van der Waals surface area contributed by atoms with Gasteiger partial charge in [-0.2, -0.15) is 0 Å². The lowest BCUT2D eigenvalue weighted by Gasteiger charge is -2.51. The van der Waals surface area contributed by atoms with Gasteiger partial charge in [0.2, 0.25) is 5.91 Å². The average Bonchev–Trinajstić information content (AvgIpc) is 2.75. The van der Waals surface area contributed by atoms with E-state index in [4.69, 9.17) is 0 Å². The van der Waals surface area contributed by atoms with Gasteiger partial charge in [-0.1, -0.05) is 68.4 Å². The average molecular weight is 416 g/mol. The number of aryl methyl sites for hydroxylation is 1. The minimum Gasteiger partial charge on any atom is -0.306 e. The SMILES string of the molecule is CCc1ccc(C2(C)CC(C)(C)N(C(=O)Cc3ccc(F)cc3)c3ccccc32)cc1. The summed E-state index contributed by atoms with van der Waals surface area (Å²) in [4.78, 5) is 15.4. The third kappa shape index (κ3) is 3.89. The smallest absolute Gasteiger partial charge is 0.231 e. The molecular weight excluding hydrogens is 385 g/mol. The lowest BCUT2D eigenvalue weighted by atomic mass is 9.65. The fourth-order valence-corrected chi connectivity index (χ4v) is 5.19. The van der Waals surface area contributed by atoms with Crippen molar-refractivity contribution in [3.63, 3.8) is 0 Å². The highest BCUT2D eigenvalue weighted by Gasteiger charge is 2.47. The van der Waals surface area contributed by atoms with Gasteiger partial charge in [0.05, 0.1) is 6.42 Å². The number of fused-ring (bicyclic) bond motifs is 1. The summed E-state index contributed by atoms with van der Waals surface area (Å²) in [5, 5.41) is 0. The first-order valence-electron chi connectivity index (χ1n) is 11.0. The van der Waals surface area contributed by atoms with Gasteiger partial charge in [-0.15, -0.1) is 0 Å². The molecule has 2 nitrogen and oxygen atoms in total. The van der Waals surface area contributed by atoms with Crippen molar-refractivity contribution in [2.75, 3.05) is 4.90 Å². The minimum atomic E-state index is -0.371. The van der Waals surface area contributed by atoms with Crippen LogP contribution in [0.4, 0.5) is 10.1 Å². The largest absolute Gasteiger partial charge is 0.306 e. The Hall–Kier alpha value is -2.94. The van der Waals surface area contributed by atoms with E-state index in [1.807, 2.05) is 11.0 Å². The van der Waals surface area contributed by atoms with Crippen molar-refractivity contribution >= 4 is 11.6 Å². The molecule has 160 valence electrons. The highest BCUT2D eigenvalue weighted by Crippen LogP contribution is 2.50. The van der Waals surface area contributed by atoms with Crippen LogP contribution in [-0.4, -0.2) is 11.4 Å². The Labute approximate surface area is 184 Å². The Morgan fingerprint density at radius 1 is 0.903 bits per heavy atom. The summed E-state index contributed by atoms with van der Waals surface area (Å²) in [5.41, 5.74) is 4.99. The van der Waals surface area contributed by atoms with Crippen molar-refractivity contribution < 1.29 is 9.18 Å². The second-order valence-electron chi connectivity index (χ2n) is 9.42. The summed E-state index contributed by atoms with van der Waals surface area (Å²) in [7, 11) is 0. The van der Waals surface area contributed by atoms with E-state index in [0.29, 0.717) is 0 Å². The molecule has 1 heterocycles. The van der Waals surface area contributed by atoms with Gasteiger partial charge in [-0.05, 0) is 67.1 Å². The number of carbonyl (C=O) groups is 1. The lowest BCUT2D eigenvalue weighted by Crippen LogP contribution is -2.56. The molecule has 3 heteroatoms. The zero-order valence-electron chi connectivity index (χ0n) is 18.8. The van der Waals surface area contributed by atoms with E-state index in [1.54, 1.807) is 12.1 Å². The first kappa shape index (κ1) is 21.3. The van der Waals surface area contributed by atoms with Gasteiger partial charge in [-0.3, -0.25) is 4.79 Å². The van der Waals surface area contributed by atoms with E-state index in [-0.39, 0.29) is 29.1 Å².